The number of benzene rings is 1. The molecule has 1 aromatic heterocycles. The molecule has 0 fully saturated rings. The summed E-state index contributed by atoms with van der Waals surface area (Å²) in [5.41, 5.74) is 1.47. The van der Waals surface area contributed by atoms with Crippen LogP contribution in [-0.2, 0) is 6.42 Å². The molecule has 0 bridgehead atoms. The summed E-state index contributed by atoms with van der Waals surface area (Å²) in [4.78, 5) is 11.5. The average Bonchev–Trinajstić information content (AvgIpc) is 2.78. The normalized spacial score (nSPS) is 11.1. The van der Waals surface area contributed by atoms with E-state index in [1.54, 1.807) is 18.2 Å². The predicted molar refractivity (Wildman–Crippen MR) is 73.9 cm³/mol. The van der Waals surface area contributed by atoms with Gasteiger partial charge in [-0.05, 0) is 24.5 Å². The van der Waals surface area contributed by atoms with Crippen LogP contribution in [0.3, 0.4) is 0 Å². The highest BCUT2D eigenvalue weighted by Gasteiger charge is 2.25. The minimum Gasteiger partial charge on any atom is -0.478 e. The van der Waals surface area contributed by atoms with Crippen molar-refractivity contribution < 1.29 is 14.3 Å². The fourth-order valence-electron chi connectivity index (χ4n) is 2.30. The third-order valence-corrected chi connectivity index (χ3v) is 3.17. The Morgan fingerprint density at radius 3 is 2.55 bits per heavy atom. The molecule has 0 spiro atoms. The molecule has 2 aromatic rings. The van der Waals surface area contributed by atoms with Crippen molar-refractivity contribution in [1.82, 2.24) is 9.78 Å². The number of carboxylic acid groups (broad SMARTS) is 1. The molecule has 5 heteroatoms. The minimum absolute atomic E-state index is 0.0755. The molecule has 1 N–H and O–H groups in total. The highest BCUT2D eigenvalue weighted by atomic mass is 19.1. The van der Waals surface area contributed by atoms with E-state index >= 15 is 0 Å². The molecular weight excluding hydrogens is 259 g/mol. The van der Waals surface area contributed by atoms with Gasteiger partial charge in [0.2, 0.25) is 0 Å². The van der Waals surface area contributed by atoms with Crippen LogP contribution in [0.25, 0.3) is 5.69 Å². The summed E-state index contributed by atoms with van der Waals surface area (Å²) >= 11 is 0. The number of rotatable bonds is 4. The van der Waals surface area contributed by atoms with Crippen molar-refractivity contribution in [1.29, 1.82) is 0 Å². The van der Waals surface area contributed by atoms with Gasteiger partial charge < -0.3 is 5.11 Å². The molecule has 1 aromatic carbocycles. The van der Waals surface area contributed by atoms with Gasteiger partial charge in [0.25, 0.3) is 0 Å². The average molecular weight is 276 g/mol. The molecule has 4 nitrogen and oxygen atoms in total. The van der Waals surface area contributed by atoms with Gasteiger partial charge in [0, 0.05) is 0 Å². The summed E-state index contributed by atoms with van der Waals surface area (Å²) in [6.45, 7) is 5.59. The van der Waals surface area contributed by atoms with Gasteiger partial charge >= 0.3 is 5.97 Å². The van der Waals surface area contributed by atoms with Crippen LogP contribution >= 0.6 is 0 Å². The number of aryl methyl sites for hydroxylation is 1. The first-order valence-electron chi connectivity index (χ1n) is 6.57. The molecule has 0 saturated carbocycles. The Morgan fingerprint density at radius 2 is 2.05 bits per heavy atom. The summed E-state index contributed by atoms with van der Waals surface area (Å²) in [5, 5.41) is 13.7. The molecule has 0 amide bonds. The van der Waals surface area contributed by atoms with Crippen LogP contribution in [0.2, 0.25) is 0 Å². The van der Waals surface area contributed by atoms with Gasteiger partial charge in [-0.25, -0.2) is 13.9 Å². The zero-order chi connectivity index (χ0) is 14.9. The molecule has 0 aliphatic rings. The lowest BCUT2D eigenvalue weighted by Crippen LogP contribution is -2.09. The second-order valence-electron chi connectivity index (χ2n) is 4.88. The largest absolute Gasteiger partial charge is 0.478 e. The minimum atomic E-state index is -1.02. The van der Waals surface area contributed by atoms with E-state index in [1.807, 2.05) is 20.8 Å². The Labute approximate surface area is 116 Å². The van der Waals surface area contributed by atoms with Crippen LogP contribution in [0.1, 0.15) is 48.4 Å². The van der Waals surface area contributed by atoms with E-state index in [9.17, 15) is 14.3 Å². The Balaban J connectivity index is 2.77. The second kappa shape index (κ2) is 5.45. The highest BCUT2D eigenvalue weighted by Crippen LogP contribution is 2.27. The summed E-state index contributed by atoms with van der Waals surface area (Å²) in [7, 11) is 0. The molecule has 0 saturated heterocycles. The van der Waals surface area contributed by atoms with Crippen LogP contribution in [0.4, 0.5) is 4.39 Å². The van der Waals surface area contributed by atoms with Gasteiger partial charge in [0.1, 0.15) is 17.1 Å². The fourth-order valence-corrected chi connectivity index (χ4v) is 2.30. The summed E-state index contributed by atoms with van der Waals surface area (Å²) in [6, 6.07) is 6.24. The van der Waals surface area contributed by atoms with Crippen molar-refractivity contribution >= 4 is 5.97 Å². The van der Waals surface area contributed by atoms with Crippen LogP contribution in [-0.4, -0.2) is 20.9 Å². The van der Waals surface area contributed by atoms with E-state index in [0.717, 1.165) is 0 Å². The van der Waals surface area contributed by atoms with Gasteiger partial charge in [-0.3, -0.25) is 0 Å². The first-order chi connectivity index (χ1) is 9.47. The third-order valence-electron chi connectivity index (χ3n) is 3.17. The number of aromatic nitrogens is 2. The van der Waals surface area contributed by atoms with Crippen molar-refractivity contribution in [3.8, 4) is 5.69 Å². The lowest BCUT2D eigenvalue weighted by atomic mass is 10.0. The van der Waals surface area contributed by atoms with E-state index < -0.39 is 11.8 Å². The van der Waals surface area contributed by atoms with Gasteiger partial charge in [0.05, 0.1) is 11.4 Å². The molecule has 1 heterocycles. The van der Waals surface area contributed by atoms with Crippen LogP contribution in [0.5, 0.6) is 0 Å². The van der Waals surface area contributed by atoms with Crippen LogP contribution in [0.15, 0.2) is 24.3 Å². The standard InChI is InChI=1S/C15H17FN2O2/c1-4-11-13(15(19)20)14(9(2)3)18(17-11)12-8-6-5-7-10(12)16/h5-9H,4H2,1-3H3,(H,19,20). The Kier molecular flexibility index (Phi) is 3.88. The van der Waals surface area contributed by atoms with E-state index in [2.05, 4.69) is 5.10 Å². The van der Waals surface area contributed by atoms with E-state index in [-0.39, 0.29) is 17.2 Å². The maximum absolute atomic E-state index is 14.0. The number of aromatic carboxylic acids is 1. The molecule has 0 aliphatic carbocycles. The van der Waals surface area contributed by atoms with E-state index in [1.165, 1.54) is 10.7 Å². The number of carboxylic acids is 1. The lowest BCUT2D eigenvalue weighted by Gasteiger charge is -2.11. The van der Waals surface area contributed by atoms with Crippen molar-refractivity contribution in [3.05, 3.63) is 47.0 Å². The van der Waals surface area contributed by atoms with E-state index in [4.69, 9.17) is 0 Å². The van der Waals surface area contributed by atoms with Crippen molar-refractivity contribution in [3.63, 3.8) is 0 Å². The predicted octanol–water partition coefficient (Wildman–Crippen LogP) is 3.40. The lowest BCUT2D eigenvalue weighted by molar-refractivity contribution is 0.0694. The molecule has 0 radical (unpaired) electrons. The van der Waals surface area contributed by atoms with Gasteiger partial charge in [-0.2, -0.15) is 5.10 Å². The highest BCUT2D eigenvalue weighted by molar-refractivity contribution is 5.90. The van der Waals surface area contributed by atoms with E-state index in [0.29, 0.717) is 17.8 Å². The topological polar surface area (TPSA) is 55.1 Å². The smallest absolute Gasteiger partial charge is 0.339 e. The van der Waals surface area contributed by atoms with Gasteiger partial charge in [0.15, 0.2) is 0 Å². The maximum atomic E-state index is 14.0. The fraction of sp³-hybridized carbons (Fsp3) is 0.333. The quantitative estimate of drug-likeness (QED) is 0.931. The Morgan fingerprint density at radius 1 is 1.40 bits per heavy atom. The molecule has 2 rings (SSSR count). The third kappa shape index (κ3) is 2.31. The van der Waals surface area contributed by atoms with Crippen LogP contribution < -0.4 is 0 Å². The number of nitrogens with zero attached hydrogens (tertiary/aromatic N) is 2. The molecule has 20 heavy (non-hydrogen) atoms. The number of halogens is 1. The Bertz CT molecular complexity index is 647. The summed E-state index contributed by atoms with van der Waals surface area (Å²) in [6.07, 6.45) is 0.489. The Hall–Kier alpha value is -2.17. The number of hydrogen-bond acceptors (Lipinski definition) is 2. The van der Waals surface area contributed by atoms with Gasteiger partial charge in [-0.15, -0.1) is 0 Å². The second-order valence-corrected chi connectivity index (χ2v) is 4.88. The number of carbonyl (C=O) groups is 1. The SMILES string of the molecule is CCc1nn(-c2ccccc2F)c(C(C)C)c1C(=O)O. The molecule has 106 valence electrons. The van der Waals surface area contributed by atoms with Crippen molar-refractivity contribution in [2.45, 2.75) is 33.1 Å². The zero-order valence-electron chi connectivity index (χ0n) is 11.7. The molecule has 0 unspecified atom stereocenters. The monoisotopic (exact) mass is 276 g/mol. The maximum Gasteiger partial charge on any atom is 0.339 e. The number of hydrogen-bond donors (Lipinski definition) is 1. The van der Waals surface area contributed by atoms with Gasteiger partial charge in [-0.1, -0.05) is 32.9 Å². The first kappa shape index (κ1) is 14.2. The van der Waals surface area contributed by atoms with Crippen molar-refractivity contribution in [2.24, 2.45) is 0 Å². The summed E-state index contributed by atoms with van der Waals surface area (Å²) < 4.78 is 15.4. The molecule has 0 aliphatic heterocycles. The van der Waals surface area contributed by atoms with Crippen LogP contribution in [0, 0.1) is 5.82 Å². The first-order valence-corrected chi connectivity index (χ1v) is 6.57. The zero-order valence-corrected chi connectivity index (χ0v) is 11.7. The molecule has 0 atom stereocenters. The van der Waals surface area contributed by atoms with Crippen molar-refractivity contribution in [2.75, 3.05) is 0 Å². The molecular formula is C15H17FN2O2. The summed E-state index contributed by atoms with van der Waals surface area (Å²) in [5.74, 6) is -1.52. The number of para-hydroxylation sites is 1.